The number of nitrogens with one attached hydrogen (secondary N) is 1. The fourth-order valence-electron chi connectivity index (χ4n) is 2.31. The molecule has 2 rings (SSSR count). The van der Waals surface area contributed by atoms with Crippen LogP contribution in [0, 0.1) is 0 Å². The summed E-state index contributed by atoms with van der Waals surface area (Å²) in [7, 11) is 1.69. The lowest BCUT2D eigenvalue weighted by Gasteiger charge is -2.22. The van der Waals surface area contributed by atoms with Crippen LogP contribution in [0.3, 0.4) is 0 Å². The summed E-state index contributed by atoms with van der Waals surface area (Å²) in [6.07, 6.45) is 8.16. The molecule has 1 N–H and O–H groups in total. The molecule has 0 atom stereocenters. The number of aldehydes is 1. The van der Waals surface area contributed by atoms with Crippen molar-refractivity contribution in [3.05, 3.63) is 11.8 Å². The van der Waals surface area contributed by atoms with E-state index in [2.05, 4.69) is 15.4 Å². The van der Waals surface area contributed by atoms with Gasteiger partial charge < -0.3 is 5.32 Å². The number of halogens is 1. The van der Waals surface area contributed by atoms with Gasteiger partial charge in [-0.25, -0.2) is 4.68 Å². The molecule has 18 heavy (non-hydrogen) atoms. The Labute approximate surface area is 111 Å². The molecular weight excluding hydrogens is 252 g/mol. The average molecular weight is 269 g/mol. The van der Waals surface area contributed by atoms with E-state index in [1.54, 1.807) is 13.2 Å². The van der Waals surface area contributed by atoms with Gasteiger partial charge in [0.05, 0.1) is 17.8 Å². The van der Waals surface area contributed by atoms with Crippen LogP contribution in [0.25, 0.3) is 0 Å². The van der Waals surface area contributed by atoms with Crippen molar-refractivity contribution >= 4 is 29.0 Å². The second-order valence-electron chi connectivity index (χ2n) is 4.43. The molecule has 1 fully saturated rings. The van der Waals surface area contributed by atoms with E-state index in [1.807, 2.05) is 4.68 Å². The molecule has 1 aliphatic carbocycles. The van der Waals surface area contributed by atoms with E-state index in [4.69, 9.17) is 11.6 Å². The monoisotopic (exact) mass is 268 g/mol. The number of carbonyl (C=O) groups is 1. The molecule has 0 saturated heterocycles. The van der Waals surface area contributed by atoms with Gasteiger partial charge >= 0.3 is 0 Å². The number of nitrogens with zero attached hydrogens (tertiary/aromatic N) is 3. The number of hydrogen-bond acceptors (Lipinski definition) is 3. The molecule has 0 aromatic carbocycles. The summed E-state index contributed by atoms with van der Waals surface area (Å²) in [6.45, 7) is 0. The summed E-state index contributed by atoms with van der Waals surface area (Å²) in [4.78, 5) is 15.2. The van der Waals surface area contributed by atoms with Crippen molar-refractivity contribution in [1.82, 2.24) is 15.1 Å². The molecule has 0 spiro atoms. The van der Waals surface area contributed by atoms with Crippen LogP contribution in [0.15, 0.2) is 11.2 Å². The third-order valence-corrected chi connectivity index (χ3v) is 3.53. The number of aliphatic imine (C=N–C) groups is 1. The Kier molecular flexibility index (Phi) is 4.36. The lowest BCUT2D eigenvalue weighted by molar-refractivity contribution is 0.112. The maximum absolute atomic E-state index is 11.0. The second-order valence-corrected chi connectivity index (χ2v) is 4.79. The minimum Gasteiger partial charge on any atom is -0.363 e. The molecule has 1 aliphatic rings. The maximum atomic E-state index is 11.0. The average Bonchev–Trinajstić information content (AvgIpc) is 2.82. The van der Waals surface area contributed by atoms with Crippen LogP contribution >= 0.6 is 11.6 Å². The summed E-state index contributed by atoms with van der Waals surface area (Å²) >= 11 is 5.88. The van der Waals surface area contributed by atoms with E-state index in [9.17, 15) is 4.79 Å². The minimum absolute atomic E-state index is 0.260. The molecule has 1 saturated carbocycles. The summed E-state index contributed by atoms with van der Waals surface area (Å²) in [6, 6.07) is 0.326. The number of aromatic nitrogens is 2. The minimum atomic E-state index is 0.260. The van der Waals surface area contributed by atoms with Crippen molar-refractivity contribution in [3.63, 3.8) is 0 Å². The Hall–Kier alpha value is -1.36. The zero-order chi connectivity index (χ0) is 13.0. The summed E-state index contributed by atoms with van der Waals surface area (Å²) < 4.78 is 1.84. The summed E-state index contributed by atoms with van der Waals surface area (Å²) in [5.74, 6) is 0.552. The van der Waals surface area contributed by atoms with Gasteiger partial charge in [-0.2, -0.15) is 10.1 Å². The molecule has 1 heterocycles. The maximum Gasteiger partial charge on any atom is 0.197 e. The molecule has 98 valence electrons. The van der Waals surface area contributed by atoms with Gasteiger partial charge in [-0.15, -0.1) is 0 Å². The lowest BCUT2D eigenvalue weighted by Crippen LogP contribution is -2.15. The predicted molar refractivity (Wildman–Crippen MR) is 71.7 cm³/mol. The van der Waals surface area contributed by atoms with Gasteiger partial charge in [0.25, 0.3) is 0 Å². The standard InChI is InChI=1S/C12H17ClN4O/c1-14-12(13)16-11-9(8-18)7-15-17(11)10-5-3-2-4-6-10/h7-8,10H,2-6H2,1H3,(H,14,16). The van der Waals surface area contributed by atoms with Crippen molar-refractivity contribution in [2.75, 3.05) is 7.05 Å². The molecule has 0 amide bonds. The third kappa shape index (κ3) is 2.72. The van der Waals surface area contributed by atoms with Gasteiger partial charge in [0.2, 0.25) is 0 Å². The first-order valence-electron chi connectivity index (χ1n) is 6.21. The Balaban J connectivity index is 2.34. The van der Waals surface area contributed by atoms with E-state index in [1.165, 1.54) is 19.3 Å². The van der Waals surface area contributed by atoms with Gasteiger partial charge in [0.1, 0.15) is 0 Å². The van der Waals surface area contributed by atoms with Crippen molar-refractivity contribution < 1.29 is 4.79 Å². The van der Waals surface area contributed by atoms with Gasteiger partial charge in [-0.05, 0) is 24.4 Å². The van der Waals surface area contributed by atoms with Crippen LogP contribution in [0.5, 0.6) is 0 Å². The topological polar surface area (TPSA) is 59.3 Å². The lowest BCUT2D eigenvalue weighted by atomic mass is 9.96. The van der Waals surface area contributed by atoms with E-state index < -0.39 is 0 Å². The van der Waals surface area contributed by atoms with E-state index >= 15 is 0 Å². The summed E-state index contributed by atoms with van der Waals surface area (Å²) in [5.41, 5.74) is 0.481. The van der Waals surface area contributed by atoms with Gasteiger partial charge in [-0.3, -0.25) is 4.79 Å². The number of carbonyl (C=O) groups excluding carboxylic acids is 1. The van der Waals surface area contributed by atoms with E-state index in [0.717, 1.165) is 19.1 Å². The van der Waals surface area contributed by atoms with Crippen LogP contribution in [0.4, 0.5) is 5.82 Å². The van der Waals surface area contributed by atoms with Crippen molar-refractivity contribution in [2.45, 2.75) is 38.1 Å². The number of amidine groups is 1. The molecule has 1 aromatic heterocycles. The van der Waals surface area contributed by atoms with Gasteiger partial charge in [0.15, 0.2) is 17.4 Å². The normalized spacial score (nSPS) is 17.8. The van der Waals surface area contributed by atoms with Gasteiger partial charge in [0, 0.05) is 7.05 Å². The van der Waals surface area contributed by atoms with Crippen molar-refractivity contribution in [2.24, 2.45) is 4.99 Å². The molecule has 0 aliphatic heterocycles. The molecule has 0 unspecified atom stereocenters. The quantitative estimate of drug-likeness (QED) is 0.397. The van der Waals surface area contributed by atoms with Crippen LogP contribution in [0.1, 0.15) is 48.5 Å². The van der Waals surface area contributed by atoms with Crippen molar-refractivity contribution in [3.8, 4) is 0 Å². The zero-order valence-electron chi connectivity index (χ0n) is 10.4. The van der Waals surface area contributed by atoms with Crippen molar-refractivity contribution in [1.29, 1.82) is 0 Å². The fraction of sp³-hybridized carbons (Fsp3) is 0.583. The zero-order valence-corrected chi connectivity index (χ0v) is 11.2. The molecule has 1 aromatic rings. The van der Waals surface area contributed by atoms with Crippen LogP contribution in [-0.2, 0) is 0 Å². The third-order valence-electron chi connectivity index (χ3n) is 3.25. The first-order valence-corrected chi connectivity index (χ1v) is 6.58. The highest BCUT2D eigenvalue weighted by molar-refractivity contribution is 6.64. The SMILES string of the molecule is CN/C(Cl)=N\c1c(C=O)cnn1C1CCCCC1. The number of hydrogen-bond donors (Lipinski definition) is 1. The first-order chi connectivity index (χ1) is 8.76. The van der Waals surface area contributed by atoms with Crippen LogP contribution in [0.2, 0.25) is 0 Å². The Morgan fingerprint density at radius 2 is 2.28 bits per heavy atom. The van der Waals surface area contributed by atoms with Gasteiger partial charge in [-0.1, -0.05) is 19.3 Å². The fourth-order valence-corrected chi connectivity index (χ4v) is 2.39. The molecule has 5 nitrogen and oxygen atoms in total. The molecule has 0 radical (unpaired) electrons. The van der Waals surface area contributed by atoms with Crippen LogP contribution in [-0.4, -0.2) is 28.4 Å². The highest BCUT2D eigenvalue weighted by atomic mass is 35.5. The largest absolute Gasteiger partial charge is 0.363 e. The smallest absolute Gasteiger partial charge is 0.197 e. The first kappa shape index (κ1) is 13.1. The molecule has 0 bridgehead atoms. The van der Waals surface area contributed by atoms with E-state index in [0.29, 0.717) is 17.4 Å². The number of rotatable bonds is 3. The van der Waals surface area contributed by atoms with E-state index in [-0.39, 0.29) is 5.29 Å². The molecule has 6 heteroatoms. The second kappa shape index (κ2) is 6.00. The van der Waals surface area contributed by atoms with Crippen LogP contribution < -0.4 is 5.32 Å². The highest BCUT2D eigenvalue weighted by Gasteiger charge is 2.20. The Morgan fingerprint density at radius 3 is 2.89 bits per heavy atom. The Morgan fingerprint density at radius 1 is 1.56 bits per heavy atom. The Bertz CT molecular complexity index is 449. The summed E-state index contributed by atoms with van der Waals surface area (Å²) in [5, 5.41) is 7.29. The molecular formula is C12H17ClN4O. The predicted octanol–water partition coefficient (Wildman–Crippen LogP) is 2.65. The highest BCUT2D eigenvalue weighted by Crippen LogP contribution is 2.32.